The number of β-amino-alcohol motifs (C(OH)–C–C–N with tert-alkyl or cyclic N) is 1. The van der Waals surface area contributed by atoms with Crippen LogP contribution in [-0.4, -0.2) is 33.7 Å². The van der Waals surface area contributed by atoms with Crippen LogP contribution < -0.4 is 0 Å². The summed E-state index contributed by atoms with van der Waals surface area (Å²) in [5.41, 5.74) is 0.460. The zero-order chi connectivity index (χ0) is 13.2. The molecule has 1 fully saturated rings. The Morgan fingerprint density at radius 1 is 1.56 bits per heavy atom. The van der Waals surface area contributed by atoms with E-state index in [0.717, 1.165) is 50.5 Å². The Labute approximate surface area is 109 Å². The highest BCUT2D eigenvalue weighted by Gasteiger charge is 2.31. The molecule has 1 aliphatic rings. The zero-order valence-corrected chi connectivity index (χ0v) is 11.6. The van der Waals surface area contributed by atoms with Gasteiger partial charge in [0, 0.05) is 19.0 Å². The third kappa shape index (κ3) is 3.12. The molecule has 0 radical (unpaired) electrons. The van der Waals surface area contributed by atoms with Gasteiger partial charge in [-0.3, -0.25) is 4.90 Å². The first kappa shape index (κ1) is 13.6. The van der Waals surface area contributed by atoms with Gasteiger partial charge in [0.1, 0.15) is 6.26 Å². The number of hydrogen-bond acceptors (Lipinski definition) is 4. The van der Waals surface area contributed by atoms with Crippen molar-refractivity contribution in [2.24, 2.45) is 0 Å². The molecular formula is C14H24N2O2. The molecule has 1 aromatic heterocycles. The lowest BCUT2D eigenvalue weighted by atomic mass is 9.90. The minimum absolute atomic E-state index is 0.327. The van der Waals surface area contributed by atoms with Crippen molar-refractivity contribution in [2.75, 3.05) is 13.1 Å². The van der Waals surface area contributed by atoms with Crippen molar-refractivity contribution in [3.8, 4) is 0 Å². The number of aliphatic hydroxyl groups is 1. The molecule has 0 aliphatic carbocycles. The van der Waals surface area contributed by atoms with Gasteiger partial charge in [-0.15, -0.1) is 0 Å². The fourth-order valence-corrected chi connectivity index (χ4v) is 2.52. The van der Waals surface area contributed by atoms with E-state index in [0.29, 0.717) is 5.92 Å². The first-order valence-electron chi connectivity index (χ1n) is 6.91. The highest BCUT2D eigenvalue weighted by atomic mass is 16.3. The number of oxazole rings is 1. The van der Waals surface area contributed by atoms with Crippen LogP contribution >= 0.6 is 0 Å². The number of likely N-dealkylation sites (tertiary alicyclic amines) is 1. The molecule has 0 saturated carbocycles. The van der Waals surface area contributed by atoms with Gasteiger partial charge >= 0.3 is 0 Å². The van der Waals surface area contributed by atoms with E-state index in [-0.39, 0.29) is 0 Å². The second kappa shape index (κ2) is 5.41. The van der Waals surface area contributed by atoms with Gasteiger partial charge < -0.3 is 9.52 Å². The lowest BCUT2D eigenvalue weighted by Crippen LogP contribution is -2.47. The fraction of sp³-hybridized carbons (Fsp3) is 0.786. The van der Waals surface area contributed by atoms with E-state index in [1.54, 1.807) is 6.26 Å². The maximum absolute atomic E-state index is 10.3. The quantitative estimate of drug-likeness (QED) is 0.894. The Bertz CT molecular complexity index is 389. The minimum atomic E-state index is -0.511. The lowest BCUT2D eigenvalue weighted by Gasteiger charge is -2.38. The van der Waals surface area contributed by atoms with Crippen molar-refractivity contribution in [1.29, 1.82) is 0 Å². The second-order valence-electron chi connectivity index (χ2n) is 5.72. The molecule has 1 aromatic rings. The van der Waals surface area contributed by atoms with Crippen LogP contribution in [0.4, 0.5) is 0 Å². The first-order chi connectivity index (χ1) is 8.52. The van der Waals surface area contributed by atoms with Gasteiger partial charge in [-0.2, -0.15) is 0 Å². The summed E-state index contributed by atoms with van der Waals surface area (Å²) < 4.78 is 5.45. The number of rotatable bonds is 4. The average Bonchev–Trinajstić information content (AvgIpc) is 2.78. The summed E-state index contributed by atoms with van der Waals surface area (Å²) in [6.45, 7) is 8.76. The Morgan fingerprint density at radius 3 is 2.94 bits per heavy atom. The molecule has 1 saturated heterocycles. The van der Waals surface area contributed by atoms with Gasteiger partial charge in [0.15, 0.2) is 5.89 Å². The van der Waals surface area contributed by atoms with E-state index in [1.165, 1.54) is 0 Å². The highest BCUT2D eigenvalue weighted by molar-refractivity contribution is 5.00. The SMILES string of the molecule is CC[C@@]1(O)CCCN(Cc2coc(C(C)C)n2)C1. The maximum Gasteiger partial charge on any atom is 0.196 e. The molecule has 0 bridgehead atoms. The molecule has 0 spiro atoms. The van der Waals surface area contributed by atoms with Gasteiger partial charge in [0.05, 0.1) is 11.3 Å². The standard InChI is InChI=1S/C14H24N2O2/c1-4-14(17)6-5-7-16(10-14)8-12-9-18-13(15-12)11(2)3/h9,11,17H,4-8,10H2,1-3H3/t14-/m1/s1. The number of piperidine rings is 1. The van der Waals surface area contributed by atoms with Crippen molar-refractivity contribution >= 4 is 0 Å². The van der Waals surface area contributed by atoms with E-state index in [1.807, 2.05) is 0 Å². The van der Waals surface area contributed by atoms with Crippen LogP contribution in [0, 0.1) is 0 Å². The molecule has 102 valence electrons. The van der Waals surface area contributed by atoms with Crippen LogP contribution in [0.3, 0.4) is 0 Å². The number of aromatic nitrogens is 1. The van der Waals surface area contributed by atoms with Crippen molar-refractivity contribution < 1.29 is 9.52 Å². The zero-order valence-electron chi connectivity index (χ0n) is 11.6. The van der Waals surface area contributed by atoms with Crippen LogP contribution in [-0.2, 0) is 6.54 Å². The smallest absolute Gasteiger partial charge is 0.196 e. The highest BCUT2D eigenvalue weighted by Crippen LogP contribution is 2.25. The normalized spacial score (nSPS) is 25.8. The second-order valence-corrected chi connectivity index (χ2v) is 5.72. The summed E-state index contributed by atoms with van der Waals surface area (Å²) in [5, 5.41) is 10.3. The molecule has 2 rings (SSSR count). The predicted molar refractivity (Wildman–Crippen MR) is 70.3 cm³/mol. The molecule has 0 aromatic carbocycles. The van der Waals surface area contributed by atoms with Gasteiger partial charge in [-0.1, -0.05) is 20.8 Å². The van der Waals surface area contributed by atoms with Crippen molar-refractivity contribution in [2.45, 2.75) is 58.1 Å². The Kier molecular flexibility index (Phi) is 4.07. The predicted octanol–water partition coefficient (Wildman–Crippen LogP) is 2.53. The molecule has 18 heavy (non-hydrogen) atoms. The minimum Gasteiger partial charge on any atom is -0.448 e. The molecule has 4 nitrogen and oxygen atoms in total. The molecule has 1 N–H and O–H groups in total. The van der Waals surface area contributed by atoms with Crippen molar-refractivity contribution in [3.05, 3.63) is 17.8 Å². The maximum atomic E-state index is 10.3. The summed E-state index contributed by atoms with van der Waals surface area (Å²) in [5.74, 6) is 1.13. The molecule has 1 aliphatic heterocycles. The largest absolute Gasteiger partial charge is 0.448 e. The van der Waals surface area contributed by atoms with Crippen LogP contribution in [0.2, 0.25) is 0 Å². The fourth-order valence-electron chi connectivity index (χ4n) is 2.52. The van der Waals surface area contributed by atoms with Crippen molar-refractivity contribution in [3.63, 3.8) is 0 Å². The number of nitrogens with zero attached hydrogens (tertiary/aromatic N) is 2. The number of hydrogen-bond donors (Lipinski definition) is 1. The van der Waals surface area contributed by atoms with Crippen molar-refractivity contribution in [1.82, 2.24) is 9.88 Å². The van der Waals surface area contributed by atoms with Gasteiger partial charge in [0.2, 0.25) is 0 Å². The summed E-state index contributed by atoms with van der Waals surface area (Å²) in [7, 11) is 0. The van der Waals surface area contributed by atoms with Gasteiger partial charge in [0.25, 0.3) is 0 Å². The molecule has 4 heteroatoms. The Hall–Kier alpha value is -0.870. The third-order valence-corrected chi connectivity index (χ3v) is 3.74. The van der Waals surface area contributed by atoms with Crippen LogP contribution in [0.25, 0.3) is 0 Å². The first-order valence-corrected chi connectivity index (χ1v) is 6.91. The van der Waals surface area contributed by atoms with Crippen LogP contribution in [0.1, 0.15) is 57.5 Å². The molecular weight excluding hydrogens is 228 g/mol. The van der Waals surface area contributed by atoms with Crippen LogP contribution in [0.15, 0.2) is 10.7 Å². The van der Waals surface area contributed by atoms with E-state index < -0.39 is 5.60 Å². The third-order valence-electron chi connectivity index (χ3n) is 3.74. The molecule has 2 heterocycles. The van der Waals surface area contributed by atoms with Crippen LogP contribution in [0.5, 0.6) is 0 Å². The van der Waals surface area contributed by atoms with Gasteiger partial charge in [-0.05, 0) is 25.8 Å². The Morgan fingerprint density at radius 2 is 2.33 bits per heavy atom. The Balaban J connectivity index is 1.96. The summed E-state index contributed by atoms with van der Waals surface area (Å²) >= 11 is 0. The van der Waals surface area contributed by atoms with Gasteiger partial charge in [-0.25, -0.2) is 4.98 Å². The molecule has 0 amide bonds. The molecule has 1 atom stereocenters. The molecule has 0 unspecified atom stereocenters. The van der Waals surface area contributed by atoms with E-state index in [2.05, 4.69) is 30.7 Å². The lowest BCUT2D eigenvalue weighted by molar-refractivity contribution is -0.0360. The van der Waals surface area contributed by atoms with E-state index >= 15 is 0 Å². The van der Waals surface area contributed by atoms with E-state index in [4.69, 9.17) is 4.42 Å². The summed E-state index contributed by atoms with van der Waals surface area (Å²) in [6.07, 6.45) is 4.53. The summed E-state index contributed by atoms with van der Waals surface area (Å²) in [4.78, 5) is 6.76. The monoisotopic (exact) mass is 252 g/mol. The topological polar surface area (TPSA) is 49.5 Å². The average molecular weight is 252 g/mol. The summed E-state index contributed by atoms with van der Waals surface area (Å²) in [6, 6.07) is 0. The van der Waals surface area contributed by atoms with E-state index in [9.17, 15) is 5.11 Å².